The molecule has 0 saturated heterocycles. The lowest BCUT2D eigenvalue weighted by atomic mass is 10.0. The van der Waals surface area contributed by atoms with Crippen LogP contribution in [0.25, 0.3) is 0 Å². The van der Waals surface area contributed by atoms with Gasteiger partial charge in [0.2, 0.25) is 0 Å². The van der Waals surface area contributed by atoms with Crippen molar-refractivity contribution in [2.45, 2.75) is 19.4 Å². The molecule has 0 fully saturated rings. The van der Waals surface area contributed by atoms with Crippen molar-refractivity contribution in [1.29, 1.82) is 0 Å². The number of phenols is 1. The summed E-state index contributed by atoms with van der Waals surface area (Å²) in [7, 11) is 0. The maximum absolute atomic E-state index is 9.87. The van der Waals surface area contributed by atoms with Crippen LogP contribution in [0.4, 0.5) is 0 Å². The number of hydrogen-bond donors (Lipinski definition) is 3. The average Bonchev–Trinajstić information content (AvgIpc) is 2.22. The van der Waals surface area contributed by atoms with Crippen LogP contribution in [0.2, 0.25) is 0 Å². The Bertz CT molecular complexity index is 315. The van der Waals surface area contributed by atoms with Crippen molar-refractivity contribution in [3.8, 4) is 11.5 Å². The van der Waals surface area contributed by atoms with Crippen LogP contribution < -0.4 is 16.2 Å². The SMILES string of the molecule is CCOc1cccc([C@H](N)CCN)c1O. The summed E-state index contributed by atoms with van der Waals surface area (Å²) in [5.41, 5.74) is 12.0. The molecule has 0 aliphatic rings. The molecule has 0 aliphatic heterocycles. The molecule has 1 atom stereocenters. The standard InChI is InChI=1S/C11H18N2O2/c1-2-15-10-5-3-4-8(11(10)14)9(13)6-7-12/h3-5,9,14H,2,6-7,12-13H2,1H3/t9-/m1/s1. The van der Waals surface area contributed by atoms with Gasteiger partial charge in [-0.3, -0.25) is 0 Å². The first kappa shape index (κ1) is 11.8. The molecule has 4 heteroatoms. The first-order valence-corrected chi connectivity index (χ1v) is 5.11. The Morgan fingerprint density at radius 2 is 2.20 bits per heavy atom. The zero-order chi connectivity index (χ0) is 11.3. The lowest BCUT2D eigenvalue weighted by Crippen LogP contribution is -2.15. The minimum absolute atomic E-state index is 0.125. The van der Waals surface area contributed by atoms with Crippen LogP contribution in [-0.2, 0) is 0 Å². The summed E-state index contributed by atoms with van der Waals surface area (Å²) in [5, 5.41) is 9.87. The molecule has 0 spiro atoms. The summed E-state index contributed by atoms with van der Waals surface area (Å²) in [4.78, 5) is 0. The van der Waals surface area contributed by atoms with E-state index in [9.17, 15) is 5.11 Å². The number of aromatic hydroxyl groups is 1. The van der Waals surface area contributed by atoms with Crippen molar-refractivity contribution in [3.63, 3.8) is 0 Å². The Labute approximate surface area is 89.8 Å². The predicted octanol–water partition coefficient (Wildman–Crippen LogP) is 1.14. The van der Waals surface area contributed by atoms with Gasteiger partial charge >= 0.3 is 0 Å². The van der Waals surface area contributed by atoms with E-state index in [1.54, 1.807) is 12.1 Å². The Morgan fingerprint density at radius 1 is 1.47 bits per heavy atom. The van der Waals surface area contributed by atoms with Gasteiger partial charge in [-0.15, -0.1) is 0 Å². The van der Waals surface area contributed by atoms with E-state index in [2.05, 4.69) is 0 Å². The van der Waals surface area contributed by atoms with Crippen LogP contribution >= 0.6 is 0 Å². The maximum atomic E-state index is 9.87. The largest absolute Gasteiger partial charge is 0.504 e. The van der Waals surface area contributed by atoms with E-state index in [1.165, 1.54) is 0 Å². The second-order valence-corrected chi connectivity index (χ2v) is 3.31. The summed E-state index contributed by atoms with van der Waals surface area (Å²) >= 11 is 0. The number of benzene rings is 1. The normalized spacial score (nSPS) is 12.5. The molecule has 1 aromatic rings. The van der Waals surface area contributed by atoms with E-state index in [0.717, 1.165) is 0 Å². The summed E-state index contributed by atoms with van der Waals surface area (Å²) < 4.78 is 5.27. The minimum atomic E-state index is -0.240. The van der Waals surface area contributed by atoms with Crippen molar-refractivity contribution in [2.75, 3.05) is 13.2 Å². The van der Waals surface area contributed by atoms with Crippen LogP contribution in [0.15, 0.2) is 18.2 Å². The summed E-state index contributed by atoms with van der Waals surface area (Å²) in [6, 6.07) is 5.09. The Hall–Kier alpha value is -1.26. The van der Waals surface area contributed by atoms with Gasteiger partial charge in [0.15, 0.2) is 11.5 Å². The highest BCUT2D eigenvalue weighted by Crippen LogP contribution is 2.33. The van der Waals surface area contributed by atoms with Crippen LogP contribution in [0, 0.1) is 0 Å². The first-order chi connectivity index (χ1) is 7.20. The van der Waals surface area contributed by atoms with Crippen molar-refractivity contribution in [3.05, 3.63) is 23.8 Å². The van der Waals surface area contributed by atoms with Gasteiger partial charge in [0.05, 0.1) is 6.61 Å². The molecule has 84 valence electrons. The van der Waals surface area contributed by atoms with E-state index in [0.29, 0.717) is 30.9 Å². The Kier molecular flexibility index (Phi) is 4.39. The third-order valence-electron chi connectivity index (χ3n) is 2.21. The topological polar surface area (TPSA) is 81.5 Å². The van der Waals surface area contributed by atoms with E-state index < -0.39 is 0 Å². The fourth-order valence-corrected chi connectivity index (χ4v) is 1.45. The molecular weight excluding hydrogens is 192 g/mol. The Morgan fingerprint density at radius 3 is 2.80 bits per heavy atom. The van der Waals surface area contributed by atoms with Gasteiger partial charge in [-0.1, -0.05) is 12.1 Å². The number of phenolic OH excluding ortho intramolecular Hbond substituents is 1. The molecule has 0 bridgehead atoms. The predicted molar refractivity (Wildman–Crippen MR) is 59.9 cm³/mol. The van der Waals surface area contributed by atoms with Crippen LogP contribution in [0.1, 0.15) is 24.9 Å². The molecule has 15 heavy (non-hydrogen) atoms. The number of nitrogens with two attached hydrogens (primary N) is 2. The fraction of sp³-hybridized carbons (Fsp3) is 0.455. The van der Waals surface area contributed by atoms with Crippen molar-refractivity contribution < 1.29 is 9.84 Å². The molecule has 0 amide bonds. The second-order valence-electron chi connectivity index (χ2n) is 3.31. The zero-order valence-corrected chi connectivity index (χ0v) is 8.94. The highest BCUT2D eigenvalue weighted by molar-refractivity contribution is 5.46. The third kappa shape index (κ3) is 2.84. The minimum Gasteiger partial charge on any atom is -0.504 e. The smallest absolute Gasteiger partial charge is 0.162 e. The number of ether oxygens (including phenoxy) is 1. The zero-order valence-electron chi connectivity index (χ0n) is 8.94. The molecule has 4 nitrogen and oxygen atoms in total. The molecule has 1 rings (SSSR count). The Balaban J connectivity index is 2.92. The summed E-state index contributed by atoms with van der Waals surface area (Å²) in [5.74, 6) is 0.600. The highest BCUT2D eigenvalue weighted by Gasteiger charge is 2.13. The third-order valence-corrected chi connectivity index (χ3v) is 2.21. The monoisotopic (exact) mass is 210 g/mol. The van der Waals surface area contributed by atoms with Crippen molar-refractivity contribution in [1.82, 2.24) is 0 Å². The molecule has 0 saturated carbocycles. The van der Waals surface area contributed by atoms with Gasteiger partial charge in [-0.25, -0.2) is 0 Å². The fourth-order valence-electron chi connectivity index (χ4n) is 1.45. The number of rotatable bonds is 5. The van der Waals surface area contributed by atoms with Gasteiger partial charge in [-0.05, 0) is 26.0 Å². The number of hydrogen-bond acceptors (Lipinski definition) is 4. The van der Waals surface area contributed by atoms with Crippen LogP contribution in [0.5, 0.6) is 11.5 Å². The van der Waals surface area contributed by atoms with E-state index in [4.69, 9.17) is 16.2 Å². The first-order valence-electron chi connectivity index (χ1n) is 5.11. The molecule has 0 heterocycles. The molecule has 1 aromatic carbocycles. The lowest BCUT2D eigenvalue weighted by Gasteiger charge is -2.15. The number of para-hydroxylation sites is 1. The molecule has 0 aliphatic carbocycles. The second kappa shape index (κ2) is 5.58. The molecular formula is C11H18N2O2. The van der Waals surface area contributed by atoms with Crippen molar-refractivity contribution in [2.24, 2.45) is 11.5 Å². The van der Waals surface area contributed by atoms with Gasteiger partial charge in [0.1, 0.15) is 0 Å². The lowest BCUT2D eigenvalue weighted by molar-refractivity contribution is 0.315. The quantitative estimate of drug-likeness (QED) is 0.680. The maximum Gasteiger partial charge on any atom is 0.162 e. The van der Waals surface area contributed by atoms with E-state index in [-0.39, 0.29) is 11.8 Å². The molecule has 0 aromatic heterocycles. The summed E-state index contributed by atoms with van der Waals surface area (Å²) in [6.07, 6.45) is 0.642. The van der Waals surface area contributed by atoms with Crippen LogP contribution in [0.3, 0.4) is 0 Å². The molecule has 0 unspecified atom stereocenters. The van der Waals surface area contributed by atoms with E-state index >= 15 is 0 Å². The molecule has 5 N–H and O–H groups in total. The van der Waals surface area contributed by atoms with Gasteiger partial charge in [0, 0.05) is 11.6 Å². The van der Waals surface area contributed by atoms with Gasteiger partial charge in [-0.2, -0.15) is 0 Å². The van der Waals surface area contributed by atoms with Crippen molar-refractivity contribution >= 4 is 0 Å². The van der Waals surface area contributed by atoms with Crippen LogP contribution in [-0.4, -0.2) is 18.3 Å². The molecule has 0 radical (unpaired) electrons. The average molecular weight is 210 g/mol. The van der Waals surface area contributed by atoms with Gasteiger partial charge in [0.25, 0.3) is 0 Å². The van der Waals surface area contributed by atoms with Gasteiger partial charge < -0.3 is 21.3 Å². The summed E-state index contributed by atoms with van der Waals surface area (Å²) in [6.45, 7) is 2.88. The van der Waals surface area contributed by atoms with E-state index in [1.807, 2.05) is 13.0 Å². The highest BCUT2D eigenvalue weighted by atomic mass is 16.5.